The van der Waals surface area contributed by atoms with Crippen LogP contribution in [-0.4, -0.2) is 39.1 Å². The molecule has 1 saturated heterocycles. The van der Waals surface area contributed by atoms with E-state index in [1.54, 1.807) is 24.3 Å². The van der Waals surface area contributed by atoms with Crippen molar-refractivity contribution in [3.05, 3.63) is 35.4 Å². The number of aliphatic carboxylic acids is 1. The summed E-state index contributed by atoms with van der Waals surface area (Å²) in [6.45, 7) is -0.0857. The lowest BCUT2D eigenvalue weighted by atomic mass is 9.98. The number of carbonyl (C=O) groups is 2. The van der Waals surface area contributed by atoms with Crippen LogP contribution in [0.25, 0.3) is 0 Å². The highest BCUT2D eigenvalue weighted by Crippen LogP contribution is 2.28. The molecule has 2 rings (SSSR count). The van der Waals surface area contributed by atoms with Gasteiger partial charge in [-0.1, -0.05) is 12.1 Å². The molecular weight excluding hydrogens is 266 g/mol. The molecule has 102 valence electrons. The Bertz CT molecular complexity index is 480. The van der Waals surface area contributed by atoms with E-state index < -0.39 is 17.4 Å². The Kier molecular flexibility index (Phi) is 4.11. The van der Waals surface area contributed by atoms with E-state index in [0.717, 1.165) is 5.75 Å². The highest BCUT2D eigenvalue weighted by Gasteiger charge is 2.43. The van der Waals surface area contributed by atoms with E-state index in [9.17, 15) is 14.7 Å². The number of carboxylic acids is 1. The van der Waals surface area contributed by atoms with Gasteiger partial charge in [0, 0.05) is 11.3 Å². The molecule has 0 aliphatic carbocycles. The van der Waals surface area contributed by atoms with Gasteiger partial charge in [-0.05, 0) is 29.9 Å². The van der Waals surface area contributed by atoms with Crippen molar-refractivity contribution in [2.24, 2.45) is 0 Å². The Morgan fingerprint density at radius 2 is 2.00 bits per heavy atom. The summed E-state index contributed by atoms with van der Waals surface area (Å²) < 4.78 is 0. The van der Waals surface area contributed by atoms with E-state index in [-0.39, 0.29) is 6.61 Å². The van der Waals surface area contributed by atoms with Crippen LogP contribution in [0.4, 0.5) is 0 Å². The van der Waals surface area contributed by atoms with Crippen LogP contribution >= 0.6 is 11.8 Å². The van der Waals surface area contributed by atoms with Gasteiger partial charge in [-0.2, -0.15) is 11.8 Å². The van der Waals surface area contributed by atoms with E-state index in [2.05, 4.69) is 5.32 Å². The summed E-state index contributed by atoms with van der Waals surface area (Å²) in [4.78, 5) is 23.4. The van der Waals surface area contributed by atoms with Gasteiger partial charge in [-0.3, -0.25) is 4.79 Å². The van der Waals surface area contributed by atoms with Crippen molar-refractivity contribution in [1.82, 2.24) is 5.32 Å². The lowest BCUT2D eigenvalue weighted by Crippen LogP contribution is -2.54. The highest BCUT2D eigenvalue weighted by atomic mass is 32.2. The van der Waals surface area contributed by atoms with Crippen molar-refractivity contribution < 1.29 is 19.8 Å². The number of benzene rings is 1. The van der Waals surface area contributed by atoms with E-state index >= 15 is 0 Å². The van der Waals surface area contributed by atoms with Crippen LogP contribution in [0.5, 0.6) is 0 Å². The molecular formula is C13H15NO4S. The van der Waals surface area contributed by atoms with Gasteiger partial charge in [-0.25, -0.2) is 4.79 Å². The average molecular weight is 281 g/mol. The first-order chi connectivity index (χ1) is 9.07. The second kappa shape index (κ2) is 5.63. The first-order valence-corrected chi connectivity index (χ1v) is 7.06. The molecule has 1 unspecified atom stereocenters. The summed E-state index contributed by atoms with van der Waals surface area (Å²) in [6, 6.07) is 6.45. The third-order valence-corrected chi connectivity index (χ3v) is 4.37. The number of carboxylic acid groups (broad SMARTS) is 1. The van der Waals surface area contributed by atoms with Crippen molar-refractivity contribution in [1.29, 1.82) is 0 Å². The normalized spacial score (nSPS) is 22.2. The Hall–Kier alpha value is -1.53. The third kappa shape index (κ3) is 2.90. The molecule has 1 atom stereocenters. The molecule has 1 heterocycles. The zero-order valence-corrected chi connectivity index (χ0v) is 11.1. The molecule has 1 aliphatic rings. The molecule has 1 amide bonds. The summed E-state index contributed by atoms with van der Waals surface area (Å²) in [5.74, 6) is -0.258. The number of aliphatic hydroxyl groups excluding tert-OH is 1. The van der Waals surface area contributed by atoms with E-state index in [0.29, 0.717) is 23.3 Å². The van der Waals surface area contributed by atoms with Crippen molar-refractivity contribution in [2.75, 3.05) is 11.5 Å². The van der Waals surface area contributed by atoms with Gasteiger partial charge in [0.1, 0.15) is 5.54 Å². The first-order valence-electron chi connectivity index (χ1n) is 5.91. The van der Waals surface area contributed by atoms with E-state index in [1.165, 1.54) is 11.8 Å². The Labute approximate surface area is 115 Å². The molecule has 0 radical (unpaired) electrons. The van der Waals surface area contributed by atoms with Gasteiger partial charge >= 0.3 is 5.97 Å². The number of aliphatic hydroxyl groups is 1. The number of thioether (sulfide) groups is 1. The third-order valence-electron chi connectivity index (χ3n) is 3.18. The van der Waals surface area contributed by atoms with Crippen LogP contribution in [0.2, 0.25) is 0 Å². The number of nitrogens with one attached hydrogen (secondary N) is 1. The van der Waals surface area contributed by atoms with Crippen molar-refractivity contribution in [3.8, 4) is 0 Å². The standard InChI is InChI=1S/C13H15NO4S/c15-7-9-1-3-10(4-2-9)11(16)14-13(12(17)18)5-6-19-8-13/h1-4,15H,5-8H2,(H,14,16)(H,17,18). The maximum absolute atomic E-state index is 12.1. The van der Waals surface area contributed by atoms with Gasteiger partial charge in [0.25, 0.3) is 5.91 Å². The van der Waals surface area contributed by atoms with Gasteiger partial charge in [-0.15, -0.1) is 0 Å². The zero-order chi connectivity index (χ0) is 13.9. The smallest absolute Gasteiger partial charge is 0.330 e. The molecule has 6 heteroatoms. The summed E-state index contributed by atoms with van der Waals surface area (Å²) in [7, 11) is 0. The molecule has 1 aromatic rings. The Morgan fingerprint density at radius 3 is 2.47 bits per heavy atom. The quantitative estimate of drug-likeness (QED) is 0.762. The number of amides is 1. The fraction of sp³-hybridized carbons (Fsp3) is 0.385. The lowest BCUT2D eigenvalue weighted by Gasteiger charge is -2.24. The van der Waals surface area contributed by atoms with Gasteiger partial charge in [0.15, 0.2) is 0 Å². The molecule has 0 aromatic heterocycles. The molecule has 3 N–H and O–H groups in total. The minimum absolute atomic E-state index is 0.0857. The van der Waals surface area contributed by atoms with Crippen LogP contribution < -0.4 is 5.32 Å². The zero-order valence-electron chi connectivity index (χ0n) is 10.3. The SMILES string of the molecule is O=C(NC1(C(=O)O)CCSC1)c1ccc(CO)cc1. The molecule has 19 heavy (non-hydrogen) atoms. The second-order valence-corrected chi connectivity index (χ2v) is 5.60. The Morgan fingerprint density at radius 1 is 1.32 bits per heavy atom. The molecule has 0 saturated carbocycles. The topological polar surface area (TPSA) is 86.6 Å². The predicted octanol–water partition coefficient (Wildman–Crippen LogP) is 0.869. The molecule has 1 fully saturated rings. The summed E-state index contributed by atoms with van der Waals surface area (Å²) in [5, 5.41) is 20.8. The Balaban J connectivity index is 2.13. The largest absolute Gasteiger partial charge is 0.479 e. The lowest BCUT2D eigenvalue weighted by molar-refractivity contribution is -0.143. The number of hydrogen-bond donors (Lipinski definition) is 3. The summed E-state index contributed by atoms with van der Waals surface area (Å²) >= 11 is 1.52. The predicted molar refractivity (Wildman–Crippen MR) is 72.1 cm³/mol. The monoisotopic (exact) mass is 281 g/mol. The summed E-state index contributed by atoms with van der Waals surface area (Å²) in [5.41, 5.74) is -0.0483. The van der Waals surface area contributed by atoms with Gasteiger partial charge in [0.05, 0.1) is 6.61 Å². The minimum Gasteiger partial charge on any atom is -0.479 e. The van der Waals surface area contributed by atoms with Crippen molar-refractivity contribution in [3.63, 3.8) is 0 Å². The van der Waals surface area contributed by atoms with E-state index in [1.807, 2.05) is 0 Å². The fourth-order valence-corrected chi connectivity index (χ4v) is 3.26. The summed E-state index contributed by atoms with van der Waals surface area (Å²) in [6.07, 6.45) is 0.438. The highest BCUT2D eigenvalue weighted by molar-refractivity contribution is 7.99. The van der Waals surface area contributed by atoms with E-state index in [4.69, 9.17) is 5.11 Å². The molecule has 0 bridgehead atoms. The molecule has 1 aromatic carbocycles. The van der Waals surface area contributed by atoms with Crippen molar-refractivity contribution >= 4 is 23.6 Å². The minimum atomic E-state index is -1.16. The van der Waals surface area contributed by atoms with Crippen LogP contribution in [0.1, 0.15) is 22.3 Å². The van der Waals surface area contributed by atoms with Gasteiger partial charge < -0.3 is 15.5 Å². The fourth-order valence-electron chi connectivity index (χ4n) is 1.94. The van der Waals surface area contributed by atoms with Gasteiger partial charge in [0.2, 0.25) is 0 Å². The maximum Gasteiger partial charge on any atom is 0.330 e. The molecule has 5 nitrogen and oxygen atoms in total. The van der Waals surface area contributed by atoms with Crippen LogP contribution in [0, 0.1) is 0 Å². The average Bonchev–Trinajstić information content (AvgIpc) is 2.88. The van der Waals surface area contributed by atoms with Crippen LogP contribution in [-0.2, 0) is 11.4 Å². The van der Waals surface area contributed by atoms with Crippen molar-refractivity contribution in [2.45, 2.75) is 18.6 Å². The number of rotatable bonds is 4. The maximum atomic E-state index is 12.1. The van der Waals surface area contributed by atoms with Crippen LogP contribution in [0.3, 0.4) is 0 Å². The van der Waals surface area contributed by atoms with Crippen LogP contribution in [0.15, 0.2) is 24.3 Å². The number of hydrogen-bond acceptors (Lipinski definition) is 4. The first kappa shape index (κ1) is 13.9. The second-order valence-electron chi connectivity index (χ2n) is 4.50. The molecule has 1 aliphatic heterocycles. The molecule has 0 spiro atoms. The number of carbonyl (C=O) groups excluding carboxylic acids is 1.